The van der Waals surface area contributed by atoms with Gasteiger partial charge in [0.25, 0.3) is 5.91 Å². The zero-order chi connectivity index (χ0) is 26.0. The third-order valence-corrected chi connectivity index (χ3v) is 6.60. The van der Waals surface area contributed by atoms with Crippen LogP contribution < -0.4 is 15.0 Å². The number of amides is 1. The molecule has 11 heteroatoms. The highest BCUT2D eigenvalue weighted by atomic mass is 35.5. The molecule has 1 heterocycles. The number of ether oxygens (including phenoxy) is 1. The molecule has 3 aromatic carbocycles. The number of nitrogens with one attached hydrogen (secondary N) is 1. The van der Waals surface area contributed by atoms with Crippen molar-refractivity contribution in [1.82, 2.24) is 4.90 Å². The highest BCUT2D eigenvalue weighted by molar-refractivity contribution is 6.33. The molecule has 1 aliphatic heterocycles. The molecule has 36 heavy (non-hydrogen) atoms. The van der Waals surface area contributed by atoms with Crippen molar-refractivity contribution in [3.8, 4) is 5.75 Å². The molecule has 0 unspecified atom stereocenters. The fourth-order valence-corrected chi connectivity index (χ4v) is 4.53. The van der Waals surface area contributed by atoms with E-state index in [1.807, 2.05) is 24.3 Å². The number of carbonyl (C=O) groups excluding carboxylic acids is 1. The highest BCUT2D eigenvalue weighted by Gasteiger charge is 2.30. The molecule has 1 aliphatic rings. The Morgan fingerprint density at radius 1 is 0.917 bits per heavy atom. The topological polar surface area (TPSA) is 44.8 Å². The standard InChI is InChI=1S/C25H21Cl2F4N3O2/c1-36-24-22(30)20(28)19(21(29)23(24)31)25(35)32-15-6-7-18(17(27)12-15)34-10-8-33(9-11-34)13-14-4-2-3-5-16(14)26/h2-7,12H,8-11,13H2,1H3,(H,32,35). The molecule has 4 rings (SSSR count). The quantitative estimate of drug-likeness (QED) is 0.301. The zero-order valence-corrected chi connectivity index (χ0v) is 20.6. The van der Waals surface area contributed by atoms with Crippen molar-refractivity contribution in [3.63, 3.8) is 0 Å². The summed E-state index contributed by atoms with van der Waals surface area (Å²) >= 11 is 12.7. The van der Waals surface area contributed by atoms with Gasteiger partial charge in [0.1, 0.15) is 5.56 Å². The third kappa shape index (κ3) is 5.23. The summed E-state index contributed by atoms with van der Waals surface area (Å²) in [5.74, 6) is -9.95. The van der Waals surface area contributed by atoms with Gasteiger partial charge in [-0.25, -0.2) is 8.78 Å². The van der Waals surface area contributed by atoms with E-state index in [1.165, 1.54) is 12.1 Å². The van der Waals surface area contributed by atoms with Crippen LogP contribution in [0.4, 0.5) is 28.9 Å². The summed E-state index contributed by atoms with van der Waals surface area (Å²) in [7, 11) is 0.850. The van der Waals surface area contributed by atoms with Crippen LogP contribution in [0.5, 0.6) is 5.75 Å². The Balaban J connectivity index is 1.43. The minimum atomic E-state index is -1.86. The van der Waals surface area contributed by atoms with Crippen molar-refractivity contribution >= 4 is 40.5 Å². The van der Waals surface area contributed by atoms with Crippen LogP contribution in [0.2, 0.25) is 10.0 Å². The molecule has 0 aromatic heterocycles. The van der Waals surface area contributed by atoms with Crippen LogP contribution in [0.3, 0.4) is 0 Å². The maximum Gasteiger partial charge on any atom is 0.261 e. The van der Waals surface area contributed by atoms with Crippen molar-refractivity contribution in [2.24, 2.45) is 0 Å². The van der Waals surface area contributed by atoms with Crippen LogP contribution in [-0.2, 0) is 6.54 Å². The number of piperazine rings is 1. The molecular weight excluding hydrogens is 521 g/mol. The predicted octanol–water partition coefficient (Wildman–Crippen LogP) is 6.13. The van der Waals surface area contributed by atoms with E-state index in [0.717, 1.165) is 37.3 Å². The Bertz CT molecular complexity index is 1270. The van der Waals surface area contributed by atoms with Crippen LogP contribution >= 0.6 is 23.2 Å². The van der Waals surface area contributed by atoms with Gasteiger partial charge in [-0.2, -0.15) is 8.78 Å². The normalized spacial score (nSPS) is 14.1. The number of hydrogen-bond donors (Lipinski definition) is 1. The Hall–Kier alpha value is -3.01. The monoisotopic (exact) mass is 541 g/mol. The number of methoxy groups -OCH3 is 1. The molecule has 190 valence electrons. The van der Waals surface area contributed by atoms with Gasteiger partial charge in [0.2, 0.25) is 11.6 Å². The van der Waals surface area contributed by atoms with Gasteiger partial charge in [-0.3, -0.25) is 9.69 Å². The molecule has 1 N–H and O–H groups in total. The van der Waals surface area contributed by atoms with Crippen LogP contribution in [0.15, 0.2) is 42.5 Å². The van der Waals surface area contributed by atoms with E-state index in [4.69, 9.17) is 23.2 Å². The van der Waals surface area contributed by atoms with Crippen molar-refractivity contribution < 1.29 is 27.1 Å². The number of halogens is 6. The molecule has 0 saturated carbocycles. The Morgan fingerprint density at radius 3 is 2.14 bits per heavy atom. The number of nitrogens with zero attached hydrogens (tertiary/aromatic N) is 2. The number of benzene rings is 3. The van der Waals surface area contributed by atoms with Crippen LogP contribution in [0.1, 0.15) is 15.9 Å². The fraction of sp³-hybridized carbons (Fsp3) is 0.240. The summed E-state index contributed by atoms with van der Waals surface area (Å²) in [6.07, 6.45) is 0. The van der Waals surface area contributed by atoms with Gasteiger partial charge in [0.15, 0.2) is 17.4 Å². The van der Waals surface area contributed by atoms with E-state index in [2.05, 4.69) is 19.9 Å². The van der Waals surface area contributed by atoms with E-state index in [9.17, 15) is 22.4 Å². The lowest BCUT2D eigenvalue weighted by Crippen LogP contribution is -2.46. The molecule has 1 saturated heterocycles. The maximum atomic E-state index is 14.3. The van der Waals surface area contributed by atoms with Crippen LogP contribution in [0, 0.1) is 23.3 Å². The number of hydrogen-bond acceptors (Lipinski definition) is 4. The SMILES string of the molecule is COc1c(F)c(F)c(C(=O)Nc2ccc(N3CCN(Cc4ccccc4Cl)CC3)c(Cl)c2)c(F)c1F. The maximum absolute atomic E-state index is 14.3. The minimum absolute atomic E-state index is 0.0986. The van der Waals surface area contributed by atoms with Crippen LogP contribution in [-0.4, -0.2) is 44.1 Å². The Kier molecular flexibility index (Phi) is 7.92. The molecule has 1 amide bonds. The summed E-state index contributed by atoms with van der Waals surface area (Å²) in [6.45, 7) is 3.65. The smallest absolute Gasteiger partial charge is 0.261 e. The Labute approximate surface area is 215 Å². The first kappa shape index (κ1) is 26.1. The fourth-order valence-electron chi connectivity index (χ4n) is 4.04. The molecule has 0 spiro atoms. The van der Waals surface area contributed by atoms with Crippen LogP contribution in [0.25, 0.3) is 0 Å². The molecule has 0 bridgehead atoms. The van der Waals surface area contributed by atoms with Gasteiger partial charge in [-0.15, -0.1) is 0 Å². The zero-order valence-electron chi connectivity index (χ0n) is 19.1. The molecule has 3 aromatic rings. The molecule has 5 nitrogen and oxygen atoms in total. The average Bonchev–Trinajstić information content (AvgIpc) is 2.85. The second kappa shape index (κ2) is 10.9. The summed E-state index contributed by atoms with van der Waals surface area (Å²) in [4.78, 5) is 16.8. The van der Waals surface area contributed by atoms with E-state index in [-0.39, 0.29) is 5.69 Å². The van der Waals surface area contributed by atoms with Gasteiger partial charge >= 0.3 is 0 Å². The lowest BCUT2D eigenvalue weighted by atomic mass is 10.1. The Morgan fingerprint density at radius 2 is 1.56 bits per heavy atom. The van der Waals surface area contributed by atoms with Gasteiger partial charge < -0.3 is 15.0 Å². The second-order valence-corrected chi connectivity index (χ2v) is 8.95. The number of carbonyl (C=O) groups is 1. The van der Waals surface area contributed by atoms with E-state index in [0.29, 0.717) is 23.8 Å². The summed E-state index contributed by atoms with van der Waals surface area (Å²) in [5.41, 5.74) is 0.461. The molecule has 0 atom stereocenters. The summed E-state index contributed by atoms with van der Waals surface area (Å²) in [6, 6.07) is 12.2. The summed E-state index contributed by atoms with van der Waals surface area (Å²) in [5, 5.41) is 3.24. The number of rotatable bonds is 6. The van der Waals surface area contributed by atoms with Crippen molar-refractivity contribution in [1.29, 1.82) is 0 Å². The first-order valence-electron chi connectivity index (χ1n) is 10.9. The number of anilines is 2. The van der Waals surface area contributed by atoms with Crippen molar-refractivity contribution in [3.05, 3.63) is 86.9 Å². The first-order valence-corrected chi connectivity index (χ1v) is 11.7. The largest absolute Gasteiger partial charge is 0.491 e. The average molecular weight is 542 g/mol. The van der Waals surface area contributed by atoms with Gasteiger partial charge in [-0.1, -0.05) is 41.4 Å². The molecule has 0 radical (unpaired) electrons. The van der Waals surface area contributed by atoms with Crippen molar-refractivity contribution in [2.75, 3.05) is 43.5 Å². The second-order valence-electron chi connectivity index (χ2n) is 8.14. The van der Waals surface area contributed by atoms with E-state index < -0.39 is 40.5 Å². The lowest BCUT2D eigenvalue weighted by Gasteiger charge is -2.36. The molecular formula is C25H21Cl2F4N3O2. The molecule has 0 aliphatic carbocycles. The first-order chi connectivity index (χ1) is 17.2. The van der Waals surface area contributed by atoms with Gasteiger partial charge in [0, 0.05) is 43.4 Å². The minimum Gasteiger partial charge on any atom is -0.491 e. The van der Waals surface area contributed by atoms with E-state index in [1.54, 1.807) is 6.07 Å². The lowest BCUT2D eigenvalue weighted by molar-refractivity contribution is 0.101. The summed E-state index contributed by atoms with van der Waals surface area (Å²) < 4.78 is 60.8. The van der Waals surface area contributed by atoms with Gasteiger partial charge in [0.05, 0.1) is 17.8 Å². The van der Waals surface area contributed by atoms with Crippen molar-refractivity contribution in [2.45, 2.75) is 6.54 Å². The molecule has 1 fully saturated rings. The van der Waals surface area contributed by atoms with Gasteiger partial charge in [-0.05, 0) is 29.8 Å². The predicted molar refractivity (Wildman–Crippen MR) is 131 cm³/mol. The highest BCUT2D eigenvalue weighted by Crippen LogP contribution is 2.32. The third-order valence-electron chi connectivity index (χ3n) is 5.92. The van der Waals surface area contributed by atoms with E-state index >= 15 is 0 Å².